The molecule has 0 unspecified atom stereocenters. The van der Waals surface area contributed by atoms with E-state index in [1.54, 1.807) is 19.2 Å². The number of carbonyl (C=O) groups is 1. The lowest BCUT2D eigenvalue weighted by Gasteiger charge is -2.10. The average molecular weight is 340 g/mol. The van der Waals surface area contributed by atoms with Crippen LogP contribution in [-0.2, 0) is 11.2 Å². The van der Waals surface area contributed by atoms with Crippen molar-refractivity contribution in [2.75, 3.05) is 18.9 Å². The Balaban J connectivity index is 1.75. The number of amides is 1. The van der Waals surface area contributed by atoms with Crippen molar-refractivity contribution < 1.29 is 9.18 Å². The van der Waals surface area contributed by atoms with Gasteiger partial charge >= 0.3 is 0 Å². The predicted molar refractivity (Wildman–Crippen MR) is 87.9 cm³/mol. The molecule has 1 amide bonds. The van der Waals surface area contributed by atoms with Gasteiger partial charge in [0.1, 0.15) is 5.82 Å². The third-order valence-corrected chi connectivity index (χ3v) is 5.02. The fourth-order valence-electron chi connectivity index (χ4n) is 1.69. The summed E-state index contributed by atoms with van der Waals surface area (Å²) >= 11 is 2.79. The van der Waals surface area contributed by atoms with E-state index in [-0.39, 0.29) is 17.0 Å². The summed E-state index contributed by atoms with van der Waals surface area (Å²) in [5.41, 5.74) is 0.991. The standard InChI is InChI=1S/C14H17FN4OS2/c1-9(21-14-19-18-13(16-2)22-14)12(20)17-8-7-10-3-5-11(15)6-4-10/h3-6,9H,7-8H2,1-2H3,(H,16,18)(H,17,20)/t9-/m0/s1. The molecule has 1 heterocycles. The summed E-state index contributed by atoms with van der Waals surface area (Å²) in [5.74, 6) is -0.302. The molecule has 2 aromatic rings. The zero-order valence-electron chi connectivity index (χ0n) is 12.3. The molecule has 0 spiro atoms. The van der Waals surface area contributed by atoms with Crippen molar-refractivity contribution in [2.24, 2.45) is 0 Å². The molecule has 118 valence electrons. The number of anilines is 1. The van der Waals surface area contributed by atoms with E-state index in [1.807, 2.05) is 6.92 Å². The molecule has 0 aliphatic carbocycles. The SMILES string of the molecule is CNc1nnc(S[C@@H](C)C(=O)NCCc2ccc(F)cc2)s1. The number of carbonyl (C=O) groups excluding carboxylic acids is 1. The number of benzene rings is 1. The van der Waals surface area contributed by atoms with Crippen molar-refractivity contribution in [2.45, 2.75) is 22.9 Å². The van der Waals surface area contributed by atoms with Crippen LogP contribution in [0.25, 0.3) is 0 Å². The van der Waals surface area contributed by atoms with Gasteiger partial charge in [0.15, 0.2) is 4.34 Å². The summed E-state index contributed by atoms with van der Waals surface area (Å²) in [6.07, 6.45) is 0.673. The lowest BCUT2D eigenvalue weighted by atomic mass is 10.1. The Hall–Kier alpha value is -1.67. The number of aromatic nitrogens is 2. The number of rotatable bonds is 7. The quantitative estimate of drug-likeness (QED) is 0.758. The Morgan fingerprint density at radius 1 is 1.36 bits per heavy atom. The van der Waals surface area contributed by atoms with Crippen LogP contribution in [0.1, 0.15) is 12.5 Å². The summed E-state index contributed by atoms with van der Waals surface area (Å²) in [6.45, 7) is 2.35. The van der Waals surface area contributed by atoms with Crippen LogP contribution in [0.3, 0.4) is 0 Å². The van der Waals surface area contributed by atoms with Gasteiger partial charge in [0, 0.05) is 13.6 Å². The molecule has 22 heavy (non-hydrogen) atoms. The molecule has 0 fully saturated rings. The number of nitrogens with one attached hydrogen (secondary N) is 2. The molecule has 1 atom stereocenters. The highest BCUT2D eigenvalue weighted by Crippen LogP contribution is 2.28. The molecule has 0 aliphatic heterocycles. The summed E-state index contributed by atoms with van der Waals surface area (Å²) < 4.78 is 13.5. The maximum Gasteiger partial charge on any atom is 0.233 e. The number of hydrogen-bond acceptors (Lipinski definition) is 6. The van der Waals surface area contributed by atoms with Gasteiger partial charge in [-0.15, -0.1) is 10.2 Å². The van der Waals surface area contributed by atoms with E-state index in [2.05, 4.69) is 20.8 Å². The Bertz CT molecular complexity index is 618. The van der Waals surface area contributed by atoms with E-state index < -0.39 is 0 Å². The average Bonchev–Trinajstić information content (AvgIpc) is 2.96. The summed E-state index contributed by atoms with van der Waals surface area (Å²) in [6, 6.07) is 6.29. The van der Waals surface area contributed by atoms with E-state index in [9.17, 15) is 9.18 Å². The molecule has 1 aromatic carbocycles. The normalized spacial score (nSPS) is 12.0. The van der Waals surface area contributed by atoms with Crippen LogP contribution >= 0.6 is 23.1 Å². The van der Waals surface area contributed by atoms with Crippen molar-refractivity contribution in [3.8, 4) is 0 Å². The summed E-state index contributed by atoms with van der Waals surface area (Å²) in [5, 5.41) is 14.2. The molecule has 2 N–H and O–H groups in total. The van der Waals surface area contributed by atoms with Crippen LogP contribution in [0.2, 0.25) is 0 Å². The van der Waals surface area contributed by atoms with E-state index in [1.165, 1.54) is 35.2 Å². The molecule has 0 saturated carbocycles. The van der Waals surface area contributed by atoms with Crippen molar-refractivity contribution >= 4 is 34.1 Å². The highest BCUT2D eigenvalue weighted by atomic mass is 32.2. The van der Waals surface area contributed by atoms with Gasteiger partial charge in [0.05, 0.1) is 5.25 Å². The molecule has 8 heteroatoms. The van der Waals surface area contributed by atoms with Crippen molar-refractivity contribution in [3.63, 3.8) is 0 Å². The molecule has 0 bridgehead atoms. The van der Waals surface area contributed by atoms with Crippen LogP contribution in [0.5, 0.6) is 0 Å². The third kappa shape index (κ3) is 4.96. The Morgan fingerprint density at radius 2 is 2.09 bits per heavy atom. The fraction of sp³-hybridized carbons (Fsp3) is 0.357. The van der Waals surface area contributed by atoms with Gasteiger partial charge in [-0.3, -0.25) is 4.79 Å². The first-order valence-electron chi connectivity index (χ1n) is 6.78. The van der Waals surface area contributed by atoms with E-state index in [4.69, 9.17) is 0 Å². The minimum Gasteiger partial charge on any atom is -0.363 e. The summed E-state index contributed by atoms with van der Waals surface area (Å²) in [7, 11) is 1.78. The molecule has 1 aromatic heterocycles. The summed E-state index contributed by atoms with van der Waals surface area (Å²) in [4.78, 5) is 12.0. The van der Waals surface area contributed by atoms with Crippen LogP contribution in [0.4, 0.5) is 9.52 Å². The first-order chi connectivity index (χ1) is 10.6. The second-order valence-electron chi connectivity index (χ2n) is 4.55. The van der Waals surface area contributed by atoms with Gasteiger partial charge in [-0.25, -0.2) is 4.39 Å². The zero-order chi connectivity index (χ0) is 15.9. The van der Waals surface area contributed by atoms with Gasteiger partial charge in [0.2, 0.25) is 11.0 Å². The number of halogens is 1. The van der Waals surface area contributed by atoms with Crippen LogP contribution in [-0.4, -0.2) is 34.9 Å². The lowest BCUT2D eigenvalue weighted by molar-refractivity contribution is -0.120. The van der Waals surface area contributed by atoms with Gasteiger partial charge < -0.3 is 10.6 Å². The molecule has 2 rings (SSSR count). The number of nitrogens with zero attached hydrogens (tertiary/aromatic N) is 2. The van der Waals surface area contributed by atoms with E-state index in [0.29, 0.717) is 13.0 Å². The highest BCUT2D eigenvalue weighted by Gasteiger charge is 2.16. The predicted octanol–water partition coefficient (Wildman–Crippen LogP) is 2.56. The number of thioether (sulfide) groups is 1. The lowest BCUT2D eigenvalue weighted by Crippen LogP contribution is -2.32. The maximum atomic E-state index is 12.8. The van der Waals surface area contributed by atoms with E-state index >= 15 is 0 Å². The zero-order valence-corrected chi connectivity index (χ0v) is 13.9. The second kappa shape index (κ2) is 8.09. The van der Waals surface area contributed by atoms with Crippen LogP contribution in [0, 0.1) is 5.82 Å². The fourth-order valence-corrected chi connectivity index (χ4v) is 3.56. The Labute approximate surface area is 136 Å². The van der Waals surface area contributed by atoms with Crippen molar-refractivity contribution in [3.05, 3.63) is 35.6 Å². The Morgan fingerprint density at radius 3 is 2.73 bits per heavy atom. The topological polar surface area (TPSA) is 66.9 Å². The molecule has 0 saturated heterocycles. The van der Waals surface area contributed by atoms with E-state index in [0.717, 1.165) is 15.0 Å². The molecular formula is C14H17FN4OS2. The maximum absolute atomic E-state index is 12.8. The third-order valence-electron chi connectivity index (χ3n) is 2.89. The van der Waals surface area contributed by atoms with Gasteiger partial charge in [-0.1, -0.05) is 35.2 Å². The minimum atomic E-state index is -0.254. The van der Waals surface area contributed by atoms with Crippen LogP contribution in [0.15, 0.2) is 28.6 Å². The first kappa shape index (κ1) is 16.7. The first-order valence-corrected chi connectivity index (χ1v) is 8.48. The molecular weight excluding hydrogens is 323 g/mol. The number of hydrogen-bond donors (Lipinski definition) is 2. The minimum absolute atomic E-state index is 0.0479. The van der Waals surface area contributed by atoms with Crippen molar-refractivity contribution in [1.82, 2.24) is 15.5 Å². The monoisotopic (exact) mass is 340 g/mol. The van der Waals surface area contributed by atoms with Crippen molar-refractivity contribution in [1.29, 1.82) is 0 Å². The van der Waals surface area contributed by atoms with Crippen LogP contribution < -0.4 is 10.6 Å². The molecule has 5 nitrogen and oxygen atoms in total. The Kier molecular flexibility index (Phi) is 6.14. The van der Waals surface area contributed by atoms with Gasteiger partial charge in [0.25, 0.3) is 0 Å². The smallest absolute Gasteiger partial charge is 0.233 e. The largest absolute Gasteiger partial charge is 0.363 e. The van der Waals surface area contributed by atoms with Gasteiger partial charge in [-0.05, 0) is 31.0 Å². The highest BCUT2D eigenvalue weighted by molar-refractivity contribution is 8.02. The molecule has 0 radical (unpaired) electrons. The molecule has 0 aliphatic rings. The second-order valence-corrected chi connectivity index (χ2v) is 7.12. The van der Waals surface area contributed by atoms with Gasteiger partial charge in [-0.2, -0.15) is 0 Å².